The van der Waals surface area contributed by atoms with Crippen LogP contribution in [0.5, 0.6) is 0 Å². The molecular formula is C14H25N3S. The molecule has 2 rings (SSSR count). The van der Waals surface area contributed by atoms with Gasteiger partial charge in [-0.1, -0.05) is 13.8 Å². The van der Waals surface area contributed by atoms with Crippen LogP contribution in [0.25, 0.3) is 0 Å². The highest BCUT2D eigenvalue weighted by atomic mass is 32.2. The molecule has 0 amide bonds. The second kappa shape index (κ2) is 5.55. The first-order valence-corrected chi connectivity index (χ1v) is 7.89. The number of thioether (sulfide) groups is 1. The molecule has 0 radical (unpaired) electrons. The number of hydrogen-bond acceptors (Lipinski definition) is 3. The summed E-state index contributed by atoms with van der Waals surface area (Å²) in [6, 6.07) is 0. The largest absolute Gasteiger partial charge is 0.354 e. The predicted octanol–water partition coefficient (Wildman–Crippen LogP) is 3.55. The molecule has 0 saturated carbocycles. The Morgan fingerprint density at radius 1 is 1.56 bits per heavy atom. The fourth-order valence-corrected chi connectivity index (χ4v) is 3.71. The van der Waals surface area contributed by atoms with Gasteiger partial charge in [0.1, 0.15) is 0 Å². The van der Waals surface area contributed by atoms with Gasteiger partial charge < -0.3 is 9.88 Å². The summed E-state index contributed by atoms with van der Waals surface area (Å²) in [5.41, 5.74) is 1.10. The lowest BCUT2D eigenvalue weighted by atomic mass is 10.1. The topological polar surface area (TPSA) is 29.9 Å². The second-order valence-electron chi connectivity index (χ2n) is 6.01. The Kier molecular flexibility index (Phi) is 4.25. The Morgan fingerprint density at radius 3 is 2.94 bits per heavy atom. The zero-order valence-electron chi connectivity index (χ0n) is 12.0. The molecule has 102 valence electrons. The van der Waals surface area contributed by atoms with Gasteiger partial charge in [0.05, 0.1) is 5.69 Å². The first-order valence-electron chi connectivity index (χ1n) is 6.90. The number of nitrogens with zero attached hydrogens (tertiary/aromatic N) is 2. The van der Waals surface area contributed by atoms with Crippen molar-refractivity contribution in [2.75, 3.05) is 17.6 Å². The van der Waals surface area contributed by atoms with E-state index in [4.69, 9.17) is 0 Å². The Bertz CT molecular complexity index is 392. The van der Waals surface area contributed by atoms with Crippen LogP contribution in [0.1, 0.15) is 39.3 Å². The van der Waals surface area contributed by atoms with Gasteiger partial charge >= 0.3 is 0 Å². The molecule has 1 N–H and O–H groups in total. The van der Waals surface area contributed by atoms with Crippen molar-refractivity contribution < 1.29 is 0 Å². The monoisotopic (exact) mass is 267 g/mol. The summed E-state index contributed by atoms with van der Waals surface area (Å²) in [6.07, 6.45) is 4.81. The third kappa shape index (κ3) is 3.44. The van der Waals surface area contributed by atoms with E-state index in [9.17, 15) is 0 Å². The summed E-state index contributed by atoms with van der Waals surface area (Å²) in [5, 5.41) is 3.55. The summed E-state index contributed by atoms with van der Waals surface area (Å²) < 4.78 is 2.64. The molecule has 1 aromatic heterocycles. The minimum absolute atomic E-state index is 0.391. The molecule has 0 spiro atoms. The van der Waals surface area contributed by atoms with E-state index in [1.807, 2.05) is 0 Å². The lowest BCUT2D eigenvalue weighted by molar-refractivity contribution is 0.524. The van der Waals surface area contributed by atoms with Crippen molar-refractivity contribution in [2.24, 2.45) is 5.92 Å². The van der Waals surface area contributed by atoms with Crippen molar-refractivity contribution in [1.29, 1.82) is 0 Å². The molecule has 18 heavy (non-hydrogen) atoms. The Hall–Kier alpha value is -0.640. The maximum Gasteiger partial charge on any atom is 0.203 e. The van der Waals surface area contributed by atoms with Gasteiger partial charge in [-0.05, 0) is 38.4 Å². The van der Waals surface area contributed by atoms with E-state index in [0.717, 1.165) is 24.7 Å². The molecule has 0 aromatic carbocycles. The Morgan fingerprint density at radius 2 is 2.33 bits per heavy atom. The normalized spacial score (nSPS) is 23.8. The van der Waals surface area contributed by atoms with Gasteiger partial charge in [-0.15, -0.1) is 0 Å². The molecule has 1 atom stereocenters. The van der Waals surface area contributed by atoms with Gasteiger partial charge in [0.25, 0.3) is 0 Å². The zero-order chi connectivity index (χ0) is 13.2. The molecule has 1 aliphatic rings. The summed E-state index contributed by atoms with van der Waals surface area (Å²) in [4.78, 5) is 4.60. The smallest absolute Gasteiger partial charge is 0.203 e. The maximum atomic E-state index is 4.60. The minimum atomic E-state index is 0.391. The standard InChI is InChI=1S/C14H25N3S/c1-11(2)8-17-9-12(3)16-13(17)15-10-14(4)6-5-7-18-14/h9,11H,5-8,10H2,1-4H3,(H,15,16). The summed E-state index contributed by atoms with van der Waals surface area (Å²) in [5.74, 6) is 2.99. The van der Waals surface area contributed by atoms with E-state index >= 15 is 0 Å². The second-order valence-corrected chi connectivity index (χ2v) is 7.69. The van der Waals surface area contributed by atoms with Crippen LogP contribution in [0.2, 0.25) is 0 Å². The van der Waals surface area contributed by atoms with Crippen LogP contribution in [0.4, 0.5) is 5.95 Å². The molecule has 1 aromatic rings. The first kappa shape index (κ1) is 13.8. The number of aryl methyl sites for hydroxylation is 1. The van der Waals surface area contributed by atoms with E-state index in [-0.39, 0.29) is 0 Å². The maximum absolute atomic E-state index is 4.60. The van der Waals surface area contributed by atoms with Crippen molar-refractivity contribution >= 4 is 17.7 Å². The molecular weight excluding hydrogens is 242 g/mol. The SMILES string of the molecule is Cc1cn(CC(C)C)c(NCC2(C)CCCS2)n1. The van der Waals surface area contributed by atoms with Crippen LogP contribution in [0, 0.1) is 12.8 Å². The van der Waals surface area contributed by atoms with Gasteiger partial charge in [-0.2, -0.15) is 11.8 Å². The van der Waals surface area contributed by atoms with Crippen LogP contribution in [-0.4, -0.2) is 26.6 Å². The Labute approximate surface area is 115 Å². The van der Waals surface area contributed by atoms with E-state index < -0.39 is 0 Å². The van der Waals surface area contributed by atoms with Crippen molar-refractivity contribution in [3.63, 3.8) is 0 Å². The van der Waals surface area contributed by atoms with Crippen LogP contribution in [-0.2, 0) is 6.54 Å². The molecule has 3 nitrogen and oxygen atoms in total. The molecule has 1 unspecified atom stereocenters. The van der Waals surface area contributed by atoms with Gasteiger partial charge in [0.15, 0.2) is 0 Å². The van der Waals surface area contributed by atoms with E-state index in [0.29, 0.717) is 10.7 Å². The fourth-order valence-electron chi connectivity index (χ4n) is 2.46. The summed E-state index contributed by atoms with van der Waals surface area (Å²) >= 11 is 2.09. The van der Waals surface area contributed by atoms with Crippen molar-refractivity contribution in [3.8, 4) is 0 Å². The first-order chi connectivity index (χ1) is 8.48. The third-order valence-electron chi connectivity index (χ3n) is 3.38. The quantitative estimate of drug-likeness (QED) is 0.885. The van der Waals surface area contributed by atoms with Crippen molar-refractivity contribution in [3.05, 3.63) is 11.9 Å². The Balaban J connectivity index is 1.99. The van der Waals surface area contributed by atoms with Gasteiger partial charge in [0, 0.05) is 24.0 Å². The van der Waals surface area contributed by atoms with Crippen molar-refractivity contribution in [1.82, 2.24) is 9.55 Å². The molecule has 0 bridgehead atoms. The lowest BCUT2D eigenvalue weighted by Crippen LogP contribution is -2.28. The highest BCUT2D eigenvalue weighted by Gasteiger charge is 2.29. The predicted molar refractivity (Wildman–Crippen MR) is 80.4 cm³/mol. The van der Waals surface area contributed by atoms with Gasteiger partial charge in [-0.3, -0.25) is 0 Å². The highest BCUT2D eigenvalue weighted by molar-refractivity contribution is 8.00. The van der Waals surface area contributed by atoms with Crippen LogP contribution >= 0.6 is 11.8 Å². The van der Waals surface area contributed by atoms with E-state index in [1.165, 1.54) is 18.6 Å². The molecule has 2 heterocycles. The van der Waals surface area contributed by atoms with Gasteiger partial charge in [-0.25, -0.2) is 4.98 Å². The number of aromatic nitrogens is 2. The third-order valence-corrected chi connectivity index (χ3v) is 4.92. The molecule has 4 heteroatoms. The average Bonchev–Trinajstić information content (AvgIpc) is 2.83. The summed E-state index contributed by atoms with van der Waals surface area (Å²) in [6.45, 7) is 11.0. The van der Waals surface area contributed by atoms with Gasteiger partial charge in [0.2, 0.25) is 5.95 Å². The number of anilines is 1. The number of rotatable bonds is 5. The minimum Gasteiger partial charge on any atom is -0.354 e. The van der Waals surface area contributed by atoms with E-state index in [1.54, 1.807) is 0 Å². The fraction of sp³-hybridized carbons (Fsp3) is 0.786. The molecule has 1 saturated heterocycles. The van der Waals surface area contributed by atoms with Crippen LogP contribution < -0.4 is 5.32 Å². The number of imidazole rings is 1. The van der Waals surface area contributed by atoms with E-state index in [2.05, 4.69) is 60.5 Å². The molecule has 1 fully saturated rings. The van der Waals surface area contributed by atoms with Crippen LogP contribution in [0.3, 0.4) is 0 Å². The molecule has 0 aliphatic carbocycles. The average molecular weight is 267 g/mol. The number of nitrogens with one attached hydrogen (secondary N) is 1. The zero-order valence-corrected chi connectivity index (χ0v) is 12.8. The molecule has 1 aliphatic heterocycles. The lowest BCUT2D eigenvalue weighted by Gasteiger charge is -2.23. The van der Waals surface area contributed by atoms with Crippen LogP contribution in [0.15, 0.2) is 6.20 Å². The highest BCUT2D eigenvalue weighted by Crippen LogP contribution is 2.37. The number of hydrogen-bond donors (Lipinski definition) is 1. The summed E-state index contributed by atoms with van der Waals surface area (Å²) in [7, 11) is 0. The van der Waals surface area contributed by atoms with Crippen molar-refractivity contribution in [2.45, 2.75) is 51.8 Å².